The molecule has 1 aliphatic rings. The van der Waals surface area contributed by atoms with E-state index in [0.29, 0.717) is 18.7 Å². The number of hydrogen-bond donors (Lipinski definition) is 1. The van der Waals surface area contributed by atoms with E-state index in [-0.39, 0.29) is 17.8 Å². The number of methoxy groups -OCH3 is 2. The fraction of sp³-hybridized carbons (Fsp3) is 0.429. The van der Waals surface area contributed by atoms with Gasteiger partial charge in [-0.15, -0.1) is 11.8 Å². The minimum Gasteiger partial charge on any atom is -0.495 e. The molecule has 1 saturated heterocycles. The third-order valence-corrected chi connectivity index (χ3v) is 7.90. The van der Waals surface area contributed by atoms with Gasteiger partial charge in [-0.1, -0.05) is 30.3 Å². The number of aliphatic hydroxyl groups is 1. The Kier molecular flexibility index (Phi) is 9.01. The van der Waals surface area contributed by atoms with Gasteiger partial charge in [-0.3, -0.25) is 9.78 Å². The number of aromatic nitrogens is 1. The lowest BCUT2D eigenvalue weighted by Crippen LogP contribution is -2.45. The number of pyridine rings is 1. The van der Waals surface area contributed by atoms with E-state index in [1.54, 1.807) is 13.3 Å². The van der Waals surface area contributed by atoms with E-state index in [9.17, 15) is 9.90 Å². The van der Waals surface area contributed by atoms with Gasteiger partial charge in [-0.05, 0) is 61.6 Å². The van der Waals surface area contributed by atoms with E-state index < -0.39 is 6.10 Å². The average Bonchev–Trinajstić information content (AvgIpc) is 2.91. The summed E-state index contributed by atoms with van der Waals surface area (Å²) in [5.41, 5.74) is 1.68. The summed E-state index contributed by atoms with van der Waals surface area (Å²) in [4.78, 5) is 20.7. The minimum absolute atomic E-state index is 0.149. The fourth-order valence-corrected chi connectivity index (χ4v) is 5.86. The van der Waals surface area contributed by atoms with Crippen LogP contribution in [0.3, 0.4) is 0 Å². The standard InChI is InChI=1S/C28H34N2O4S/c1-33-21-17-24-23(9-6-10-26(24)29-18-21)27(31)12-11-20-13-14-30(19-25(20)28(32)34-2)15-16-35-22-7-4-3-5-8-22/h3-10,17-18,20,25,27,31H,11-16,19H2,1-2H3/t20-,25+,27+/m1/s1. The van der Waals surface area contributed by atoms with Crippen LogP contribution in [-0.2, 0) is 9.53 Å². The molecule has 0 saturated carbocycles. The number of benzene rings is 2. The Balaban J connectivity index is 1.36. The lowest BCUT2D eigenvalue weighted by molar-refractivity contribution is -0.150. The molecule has 1 fully saturated rings. The summed E-state index contributed by atoms with van der Waals surface area (Å²) < 4.78 is 10.5. The van der Waals surface area contributed by atoms with Gasteiger partial charge in [0.25, 0.3) is 0 Å². The largest absolute Gasteiger partial charge is 0.495 e. The lowest BCUT2D eigenvalue weighted by Gasteiger charge is -2.37. The zero-order valence-electron chi connectivity index (χ0n) is 20.4. The molecule has 0 amide bonds. The summed E-state index contributed by atoms with van der Waals surface area (Å²) in [6.45, 7) is 2.60. The molecule has 35 heavy (non-hydrogen) atoms. The number of rotatable bonds is 10. The molecule has 4 rings (SSSR count). The van der Waals surface area contributed by atoms with Crippen molar-refractivity contribution in [2.24, 2.45) is 11.8 Å². The van der Waals surface area contributed by atoms with Gasteiger partial charge in [-0.25, -0.2) is 0 Å². The average molecular weight is 495 g/mol. The summed E-state index contributed by atoms with van der Waals surface area (Å²) in [7, 11) is 3.08. The van der Waals surface area contributed by atoms with Gasteiger partial charge in [0.2, 0.25) is 0 Å². The first-order valence-electron chi connectivity index (χ1n) is 12.2. The van der Waals surface area contributed by atoms with Gasteiger partial charge < -0.3 is 19.5 Å². The Labute approximate surface area is 211 Å². The second-order valence-electron chi connectivity index (χ2n) is 9.02. The zero-order chi connectivity index (χ0) is 24.6. The van der Waals surface area contributed by atoms with E-state index in [2.05, 4.69) is 34.1 Å². The Morgan fingerprint density at radius 1 is 1.20 bits per heavy atom. The maximum atomic E-state index is 12.6. The molecule has 6 nitrogen and oxygen atoms in total. The van der Waals surface area contributed by atoms with E-state index in [1.807, 2.05) is 42.1 Å². The molecule has 3 aromatic rings. The summed E-state index contributed by atoms with van der Waals surface area (Å²) in [6, 6.07) is 18.1. The number of ether oxygens (including phenoxy) is 2. The summed E-state index contributed by atoms with van der Waals surface area (Å²) in [5, 5.41) is 12.0. The topological polar surface area (TPSA) is 71.9 Å². The molecular formula is C28H34N2O4S. The number of fused-ring (bicyclic) bond motifs is 1. The number of esters is 1. The molecule has 2 heterocycles. The predicted octanol–water partition coefficient (Wildman–Crippen LogP) is 4.96. The van der Waals surface area contributed by atoms with Crippen LogP contribution in [0.25, 0.3) is 10.9 Å². The first-order chi connectivity index (χ1) is 17.1. The third kappa shape index (κ3) is 6.54. The van der Waals surface area contributed by atoms with Gasteiger partial charge in [0.15, 0.2) is 0 Å². The highest BCUT2D eigenvalue weighted by atomic mass is 32.2. The van der Waals surface area contributed by atoms with E-state index in [0.717, 1.165) is 48.2 Å². The van der Waals surface area contributed by atoms with Crippen LogP contribution >= 0.6 is 11.8 Å². The first kappa shape index (κ1) is 25.5. The molecule has 1 aliphatic heterocycles. The van der Waals surface area contributed by atoms with Crippen molar-refractivity contribution < 1.29 is 19.4 Å². The first-order valence-corrected chi connectivity index (χ1v) is 13.2. The smallest absolute Gasteiger partial charge is 0.310 e. The highest BCUT2D eigenvalue weighted by Gasteiger charge is 2.35. The third-order valence-electron chi connectivity index (χ3n) is 6.90. The quantitative estimate of drug-likeness (QED) is 0.315. The normalized spacial score (nSPS) is 19.4. The number of aliphatic hydroxyl groups excluding tert-OH is 1. The van der Waals surface area contributed by atoms with Crippen LogP contribution in [0.2, 0.25) is 0 Å². The van der Waals surface area contributed by atoms with Crippen molar-refractivity contribution in [2.45, 2.75) is 30.3 Å². The Morgan fingerprint density at radius 2 is 2.03 bits per heavy atom. The Morgan fingerprint density at radius 3 is 2.80 bits per heavy atom. The molecule has 0 spiro atoms. The van der Waals surface area contributed by atoms with Crippen LogP contribution < -0.4 is 4.74 Å². The molecule has 7 heteroatoms. The number of likely N-dealkylation sites (tertiary alicyclic amines) is 1. The second-order valence-corrected chi connectivity index (χ2v) is 10.2. The molecule has 0 radical (unpaired) electrons. The van der Waals surface area contributed by atoms with Crippen LogP contribution in [0.5, 0.6) is 5.75 Å². The molecule has 0 aliphatic carbocycles. The van der Waals surface area contributed by atoms with Gasteiger partial charge in [0, 0.05) is 29.1 Å². The molecule has 1 aromatic heterocycles. The number of carbonyl (C=O) groups is 1. The minimum atomic E-state index is -0.633. The number of carbonyl (C=O) groups excluding carboxylic acids is 1. The van der Waals surface area contributed by atoms with Crippen molar-refractivity contribution in [3.8, 4) is 5.75 Å². The van der Waals surface area contributed by atoms with Crippen LogP contribution in [0.4, 0.5) is 0 Å². The molecule has 1 N–H and O–H groups in total. The number of nitrogens with zero attached hydrogens (tertiary/aromatic N) is 2. The van der Waals surface area contributed by atoms with Crippen LogP contribution in [0.15, 0.2) is 65.7 Å². The van der Waals surface area contributed by atoms with Crippen molar-refractivity contribution in [3.05, 3.63) is 66.4 Å². The lowest BCUT2D eigenvalue weighted by atomic mass is 9.81. The van der Waals surface area contributed by atoms with Crippen molar-refractivity contribution in [3.63, 3.8) is 0 Å². The SMILES string of the molecule is COC(=O)[C@H]1CN(CCSc2ccccc2)CC[C@H]1CC[C@H](O)c1cccc2ncc(OC)cc12. The zero-order valence-corrected chi connectivity index (χ0v) is 21.2. The van der Waals surface area contributed by atoms with E-state index in [1.165, 1.54) is 12.0 Å². The summed E-state index contributed by atoms with van der Waals surface area (Å²) >= 11 is 1.84. The molecule has 186 valence electrons. The van der Waals surface area contributed by atoms with Crippen molar-refractivity contribution >= 4 is 28.6 Å². The molecular weight excluding hydrogens is 460 g/mol. The summed E-state index contributed by atoms with van der Waals surface area (Å²) in [5.74, 6) is 1.53. The Hall–Kier alpha value is -2.61. The van der Waals surface area contributed by atoms with Crippen LogP contribution in [0.1, 0.15) is 30.9 Å². The van der Waals surface area contributed by atoms with Gasteiger partial charge in [-0.2, -0.15) is 0 Å². The maximum absolute atomic E-state index is 12.6. The second kappa shape index (κ2) is 12.4. The van der Waals surface area contributed by atoms with E-state index >= 15 is 0 Å². The van der Waals surface area contributed by atoms with Crippen LogP contribution in [0, 0.1) is 11.8 Å². The number of thioether (sulfide) groups is 1. The molecule has 3 atom stereocenters. The predicted molar refractivity (Wildman–Crippen MR) is 140 cm³/mol. The van der Waals surface area contributed by atoms with Gasteiger partial charge in [0.05, 0.1) is 38.0 Å². The van der Waals surface area contributed by atoms with Crippen molar-refractivity contribution in [2.75, 3.05) is 39.6 Å². The maximum Gasteiger partial charge on any atom is 0.310 e. The van der Waals surface area contributed by atoms with Gasteiger partial charge >= 0.3 is 5.97 Å². The van der Waals surface area contributed by atoms with Crippen molar-refractivity contribution in [1.82, 2.24) is 9.88 Å². The van der Waals surface area contributed by atoms with E-state index in [4.69, 9.17) is 9.47 Å². The molecule has 2 aromatic carbocycles. The molecule has 0 unspecified atom stereocenters. The molecule has 0 bridgehead atoms. The highest BCUT2D eigenvalue weighted by Crippen LogP contribution is 2.34. The summed E-state index contributed by atoms with van der Waals surface area (Å²) in [6.07, 6.45) is 3.32. The fourth-order valence-electron chi connectivity index (χ4n) is 4.93. The number of piperidine rings is 1. The number of hydrogen-bond acceptors (Lipinski definition) is 7. The van der Waals surface area contributed by atoms with Crippen molar-refractivity contribution in [1.29, 1.82) is 0 Å². The monoisotopic (exact) mass is 494 g/mol. The highest BCUT2D eigenvalue weighted by molar-refractivity contribution is 7.99. The Bertz CT molecular complexity index is 1110. The van der Waals surface area contributed by atoms with Gasteiger partial charge in [0.1, 0.15) is 5.75 Å². The van der Waals surface area contributed by atoms with Crippen LogP contribution in [-0.4, -0.2) is 60.6 Å².